The molecule has 1 saturated heterocycles. The fourth-order valence-electron chi connectivity index (χ4n) is 3.04. The Bertz CT molecular complexity index is 834. The van der Waals surface area contributed by atoms with Crippen LogP contribution in [0, 0.1) is 5.92 Å². The van der Waals surface area contributed by atoms with E-state index in [-0.39, 0.29) is 23.8 Å². The van der Waals surface area contributed by atoms with Gasteiger partial charge >= 0.3 is 6.03 Å². The van der Waals surface area contributed by atoms with Gasteiger partial charge in [0.25, 0.3) is 5.91 Å². The van der Waals surface area contributed by atoms with Gasteiger partial charge in [-0.05, 0) is 30.5 Å². The van der Waals surface area contributed by atoms with E-state index in [4.69, 9.17) is 0 Å². The molecule has 148 valence electrons. The molecule has 0 unspecified atom stereocenters. The lowest BCUT2D eigenvalue weighted by Crippen LogP contribution is -2.45. The Kier molecular flexibility index (Phi) is 6.53. The van der Waals surface area contributed by atoms with Crippen molar-refractivity contribution >= 4 is 34.3 Å². The van der Waals surface area contributed by atoms with Crippen molar-refractivity contribution in [2.24, 2.45) is 5.92 Å². The van der Waals surface area contributed by atoms with Gasteiger partial charge in [0, 0.05) is 38.2 Å². The normalized spacial score (nSPS) is 14.4. The number of likely N-dealkylation sites (tertiary alicyclic amines) is 1. The zero-order chi connectivity index (χ0) is 19.9. The van der Waals surface area contributed by atoms with Gasteiger partial charge in [0.15, 0.2) is 0 Å². The number of rotatable bonds is 5. The highest BCUT2D eigenvalue weighted by atomic mass is 32.1. The van der Waals surface area contributed by atoms with Crippen molar-refractivity contribution in [2.75, 3.05) is 25.5 Å². The summed E-state index contributed by atoms with van der Waals surface area (Å²) in [4.78, 5) is 38.0. The van der Waals surface area contributed by atoms with Crippen LogP contribution in [0.2, 0.25) is 0 Å². The minimum atomic E-state index is -0.173. The number of benzene rings is 1. The Morgan fingerprint density at radius 1 is 1.25 bits per heavy atom. The Balaban J connectivity index is 1.45. The minimum absolute atomic E-state index is 0.0807. The predicted molar refractivity (Wildman–Crippen MR) is 105 cm³/mol. The number of piperidine rings is 1. The Morgan fingerprint density at radius 2 is 2.04 bits per heavy atom. The molecule has 0 saturated carbocycles. The summed E-state index contributed by atoms with van der Waals surface area (Å²) in [5.74, 6) is -0.387. The highest BCUT2D eigenvalue weighted by molar-refractivity contribution is 7.13. The highest BCUT2D eigenvalue weighted by Crippen LogP contribution is 2.20. The number of anilines is 1. The van der Waals surface area contributed by atoms with Gasteiger partial charge in [0.1, 0.15) is 5.51 Å². The SMILES string of the molecule is CNC(=O)c1cccc(CNC(=O)N2CCC(C(=O)Nc3nncs3)CC2)c1. The number of carbonyl (C=O) groups is 3. The number of hydrogen-bond acceptors (Lipinski definition) is 6. The van der Waals surface area contributed by atoms with E-state index in [9.17, 15) is 14.4 Å². The fourth-order valence-corrected chi connectivity index (χ4v) is 3.48. The smallest absolute Gasteiger partial charge is 0.317 e. The van der Waals surface area contributed by atoms with Crippen LogP contribution in [0.1, 0.15) is 28.8 Å². The van der Waals surface area contributed by atoms with E-state index in [1.165, 1.54) is 11.3 Å². The van der Waals surface area contributed by atoms with Gasteiger partial charge in [0.05, 0.1) is 0 Å². The number of hydrogen-bond donors (Lipinski definition) is 3. The van der Waals surface area contributed by atoms with Crippen molar-refractivity contribution in [3.05, 3.63) is 40.9 Å². The zero-order valence-electron chi connectivity index (χ0n) is 15.5. The van der Waals surface area contributed by atoms with Gasteiger partial charge in [-0.2, -0.15) is 0 Å². The van der Waals surface area contributed by atoms with E-state index in [0.29, 0.717) is 43.2 Å². The van der Waals surface area contributed by atoms with Crippen molar-refractivity contribution < 1.29 is 14.4 Å². The molecule has 1 aromatic carbocycles. The first-order valence-electron chi connectivity index (χ1n) is 8.97. The molecule has 0 atom stereocenters. The number of urea groups is 1. The van der Waals surface area contributed by atoms with Crippen LogP contribution in [0.3, 0.4) is 0 Å². The summed E-state index contributed by atoms with van der Waals surface area (Å²) >= 11 is 1.28. The maximum atomic E-state index is 12.4. The van der Waals surface area contributed by atoms with Crippen LogP contribution in [0.25, 0.3) is 0 Å². The number of aromatic nitrogens is 2. The predicted octanol–water partition coefficient (Wildman–Crippen LogP) is 1.46. The molecule has 0 bridgehead atoms. The van der Waals surface area contributed by atoms with Crippen LogP contribution in [-0.4, -0.2) is 53.1 Å². The van der Waals surface area contributed by atoms with E-state index in [0.717, 1.165) is 5.56 Å². The monoisotopic (exact) mass is 402 g/mol. The molecular weight excluding hydrogens is 380 g/mol. The number of nitrogens with zero attached hydrogens (tertiary/aromatic N) is 3. The van der Waals surface area contributed by atoms with Crippen molar-refractivity contribution in [2.45, 2.75) is 19.4 Å². The van der Waals surface area contributed by atoms with Crippen molar-refractivity contribution in [3.8, 4) is 0 Å². The first-order chi connectivity index (χ1) is 13.6. The second kappa shape index (κ2) is 9.27. The maximum Gasteiger partial charge on any atom is 0.317 e. The topological polar surface area (TPSA) is 116 Å². The van der Waals surface area contributed by atoms with Crippen LogP contribution in [-0.2, 0) is 11.3 Å². The summed E-state index contributed by atoms with van der Waals surface area (Å²) in [6.07, 6.45) is 1.20. The Morgan fingerprint density at radius 3 is 2.71 bits per heavy atom. The molecule has 2 aromatic rings. The highest BCUT2D eigenvalue weighted by Gasteiger charge is 2.27. The summed E-state index contributed by atoms with van der Waals surface area (Å²) in [5, 5.41) is 16.2. The van der Waals surface area contributed by atoms with Gasteiger partial charge in [-0.15, -0.1) is 10.2 Å². The first kappa shape index (κ1) is 19.7. The standard InChI is InChI=1S/C18H22N6O3S/c1-19-15(25)14-4-2-3-12(9-14)10-20-18(27)24-7-5-13(6-8-24)16(26)22-17-23-21-11-28-17/h2-4,9,11,13H,5-8,10H2,1H3,(H,19,25)(H,20,27)(H,22,23,26). The summed E-state index contributed by atoms with van der Waals surface area (Å²) in [6, 6.07) is 6.95. The summed E-state index contributed by atoms with van der Waals surface area (Å²) in [6.45, 7) is 1.36. The molecule has 0 aliphatic carbocycles. The molecule has 1 aliphatic heterocycles. The van der Waals surface area contributed by atoms with Crippen molar-refractivity contribution in [1.29, 1.82) is 0 Å². The molecule has 1 aromatic heterocycles. The summed E-state index contributed by atoms with van der Waals surface area (Å²) < 4.78 is 0. The van der Waals surface area contributed by atoms with Crippen molar-refractivity contribution in [3.63, 3.8) is 0 Å². The van der Waals surface area contributed by atoms with Gasteiger partial charge in [0.2, 0.25) is 11.0 Å². The second-order valence-corrected chi connectivity index (χ2v) is 7.27. The average molecular weight is 402 g/mol. The van der Waals surface area contributed by atoms with Crippen LogP contribution in [0.15, 0.2) is 29.8 Å². The van der Waals surface area contributed by atoms with E-state index < -0.39 is 0 Å². The number of carbonyl (C=O) groups excluding carboxylic acids is 3. The van der Waals surface area contributed by atoms with Gasteiger partial charge in [-0.1, -0.05) is 23.5 Å². The number of amides is 4. The molecule has 2 heterocycles. The molecule has 28 heavy (non-hydrogen) atoms. The van der Waals surface area contributed by atoms with Crippen LogP contribution in [0.4, 0.5) is 9.93 Å². The van der Waals surface area contributed by atoms with E-state index >= 15 is 0 Å². The van der Waals surface area contributed by atoms with E-state index in [1.807, 2.05) is 6.07 Å². The third-order valence-corrected chi connectivity index (χ3v) is 5.21. The lowest BCUT2D eigenvalue weighted by Gasteiger charge is -2.31. The minimum Gasteiger partial charge on any atom is -0.355 e. The van der Waals surface area contributed by atoms with E-state index in [1.54, 1.807) is 35.7 Å². The second-order valence-electron chi connectivity index (χ2n) is 6.43. The molecule has 0 radical (unpaired) electrons. The first-order valence-corrected chi connectivity index (χ1v) is 9.85. The van der Waals surface area contributed by atoms with Crippen LogP contribution >= 0.6 is 11.3 Å². The largest absolute Gasteiger partial charge is 0.355 e. The van der Waals surface area contributed by atoms with Crippen LogP contribution < -0.4 is 16.0 Å². The molecule has 10 heteroatoms. The van der Waals surface area contributed by atoms with Gasteiger partial charge in [-0.3, -0.25) is 9.59 Å². The molecule has 3 N–H and O–H groups in total. The summed E-state index contributed by atoms with van der Waals surface area (Å²) in [7, 11) is 1.58. The van der Waals surface area contributed by atoms with E-state index in [2.05, 4.69) is 26.1 Å². The van der Waals surface area contributed by atoms with Gasteiger partial charge in [-0.25, -0.2) is 4.79 Å². The quantitative estimate of drug-likeness (QED) is 0.700. The molecule has 1 fully saturated rings. The molecule has 0 spiro atoms. The molecule has 1 aliphatic rings. The molecule has 3 rings (SSSR count). The maximum absolute atomic E-state index is 12.4. The lowest BCUT2D eigenvalue weighted by atomic mass is 9.96. The molecule has 9 nitrogen and oxygen atoms in total. The average Bonchev–Trinajstić information content (AvgIpc) is 3.24. The lowest BCUT2D eigenvalue weighted by molar-refractivity contribution is -0.121. The Hall–Kier alpha value is -3.01. The fraction of sp³-hybridized carbons (Fsp3) is 0.389. The molecular formula is C18H22N6O3S. The summed E-state index contributed by atoms with van der Waals surface area (Å²) in [5.41, 5.74) is 2.96. The van der Waals surface area contributed by atoms with Crippen molar-refractivity contribution in [1.82, 2.24) is 25.7 Å². The zero-order valence-corrected chi connectivity index (χ0v) is 16.3. The number of nitrogens with one attached hydrogen (secondary N) is 3. The molecule has 4 amide bonds. The third kappa shape index (κ3) is 5.03. The van der Waals surface area contributed by atoms with Crippen LogP contribution in [0.5, 0.6) is 0 Å². The van der Waals surface area contributed by atoms with Gasteiger partial charge < -0.3 is 20.9 Å². The Labute approximate surface area is 166 Å². The third-order valence-electron chi connectivity index (χ3n) is 4.60.